The van der Waals surface area contributed by atoms with Crippen LogP contribution in [0.1, 0.15) is 5.48 Å². The van der Waals surface area contributed by atoms with Crippen LogP contribution in [-0.4, -0.2) is 0 Å². The maximum absolute atomic E-state index is 9.71. The molecule has 9 aromatic rings. The van der Waals surface area contributed by atoms with Crippen molar-refractivity contribution >= 4 is 38.6 Å². The highest BCUT2D eigenvalue weighted by molar-refractivity contribution is 5.90. The lowest BCUT2D eigenvalue weighted by Gasteiger charge is -2.27. The molecule has 9 aromatic carbocycles. The fourth-order valence-electron chi connectivity index (χ4n) is 6.82. The number of hydrogen-bond acceptors (Lipinski definition) is 1. The summed E-state index contributed by atoms with van der Waals surface area (Å²) in [6.45, 7) is 0. The van der Waals surface area contributed by atoms with Crippen LogP contribution in [0, 0.1) is 0 Å². The molecule has 0 fully saturated rings. The normalized spacial score (nSPS) is 12.2. The maximum Gasteiger partial charge on any atom is 0.0651 e. The third-order valence-electron chi connectivity index (χ3n) is 9.51. The summed E-state index contributed by atoms with van der Waals surface area (Å²) in [7, 11) is 0. The molecule has 1 nitrogen and oxygen atoms in total. The van der Waals surface area contributed by atoms with Crippen molar-refractivity contribution in [3.63, 3.8) is 0 Å². The standard InChI is InChI=1S/C50H35N/c1-2-10-36(11-3-1)39-20-22-40(23-21-39)41-28-30-48(31-29-41)51(49-18-8-16-44(34-49)46-26-24-37-12-4-6-14-42(37)32-46)50-19-9-17-45(35-50)47-27-25-38-13-5-7-15-43(38)33-47/h1-35H/i8D,16D,18D,34D. The van der Waals surface area contributed by atoms with E-state index in [4.69, 9.17) is 2.74 Å². The highest BCUT2D eigenvalue weighted by Gasteiger charge is 2.15. The Hall–Kier alpha value is -6.70. The third kappa shape index (κ3) is 6.18. The fraction of sp³-hybridized carbons (Fsp3) is 0. The molecule has 0 saturated heterocycles. The minimum atomic E-state index is -0.222. The second-order valence-corrected chi connectivity index (χ2v) is 12.7. The molecule has 9 rings (SSSR count). The van der Waals surface area contributed by atoms with E-state index in [-0.39, 0.29) is 29.9 Å². The fourth-order valence-corrected chi connectivity index (χ4v) is 6.82. The van der Waals surface area contributed by atoms with Crippen molar-refractivity contribution < 1.29 is 5.48 Å². The highest BCUT2D eigenvalue weighted by atomic mass is 15.1. The molecule has 0 amide bonds. The van der Waals surface area contributed by atoms with Gasteiger partial charge in [0.25, 0.3) is 0 Å². The molecule has 0 aromatic heterocycles. The van der Waals surface area contributed by atoms with Crippen LogP contribution in [0.15, 0.2) is 212 Å². The van der Waals surface area contributed by atoms with E-state index in [1.165, 1.54) is 5.56 Å². The number of anilines is 3. The van der Waals surface area contributed by atoms with Gasteiger partial charge in [-0.2, -0.15) is 0 Å². The molecule has 0 unspecified atom stereocenters. The first-order valence-electron chi connectivity index (χ1n) is 19.2. The van der Waals surface area contributed by atoms with Gasteiger partial charge < -0.3 is 4.90 Å². The van der Waals surface area contributed by atoms with Crippen LogP contribution < -0.4 is 4.90 Å². The summed E-state index contributed by atoms with van der Waals surface area (Å²) < 4.78 is 37.1. The number of hydrogen-bond donors (Lipinski definition) is 0. The molecule has 0 bridgehead atoms. The summed E-state index contributed by atoms with van der Waals surface area (Å²) in [6.07, 6.45) is 0. The first kappa shape index (κ1) is 26.2. The number of rotatable bonds is 7. The number of fused-ring (bicyclic) bond motifs is 2. The summed E-state index contributed by atoms with van der Waals surface area (Å²) in [5, 5.41) is 4.33. The lowest BCUT2D eigenvalue weighted by molar-refractivity contribution is 1.28. The molecule has 0 radical (unpaired) electrons. The van der Waals surface area contributed by atoms with Gasteiger partial charge in [-0.25, -0.2) is 0 Å². The van der Waals surface area contributed by atoms with E-state index in [1.54, 1.807) is 0 Å². The van der Waals surface area contributed by atoms with Gasteiger partial charge in [-0.3, -0.25) is 0 Å². The Balaban J connectivity index is 1.19. The van der Waals surface area contributed by atoms with Crippen LogP contribution in [0.5, 0.6) is 0 Å². The van der Waals surface area contributed by atoms with Gasteiger partial charge in [0.1, 0.15) is 0 Å². The Morgan fingerprint density at radius 3 is 1.39 bits per heavy atom. The molecule has 0 saturated carbocycles. The van der Waals surface area contributed by atoms with Gasteiger partial charge in [-0.1, -0.05) is 164 Å². The van der Waals surface area contributed by atoms with Gasteiger partial charge in [0.15, 0.2) is 0 Å². The molecule has 0 aliphatic heterocycles. The minimum Gasteiger partial charge on any atom is -0.310 e. The van der Waals surface area contributed by atoms with Gasteiger partial charge in [0.05, 0.1) is 5.48 Å². The van der Waals surface area contributed by atoms with Gasteiger partial charge >= 0.3 is 0 Å². The van der Waals surface area contributed by atoms with Gasteiger partial charge in [0, 0.05) is 17.1 Å². The summed E-state index contributed by atoms with van der Waals surface area (Å²) >= 11 is 0. The average Bonchev–Trinajstić information content (AvgIpc) is 3.25. The van der Waals surface area contributed by atoms with Crippen molar-refractivity contribution in [2.24, 2.45) is 0 Å². The Morgan fingerprint density at radius 1 is 0.294 bits per heavy atom. The summed E-state index contributed by atoms with van der Waals surface area (Å²) in [6, 6.07) is 63.2. The predicted molar refractivity (Wildman–Crippen MR) is 218 cm³/mol. The van der Waals surface area contributed by atoms with Crippen LogP contribution in [0.25, 0.3) is 66.1 Å². The Morgan fingerprint density at radius 2 is 0.765 bits per heavy atom. The predicted octanol–water partition coefficient (Wildman–Crippen LogP) is 14.1. The van der Waals surface area contributed by atoms with Crippen LogP contribution in [0.2, 0.25) is 0 Å². The van der Waals surface area contributed by atoms with Gasteiger partial charge in [-0.05, 0) is 115 Å². The first-order valence-corrected chi connectivity index (χ1v) is 17.2. The minimum absolute atomic E-state index is 0.0259. The van der Waals surface area contributed by atoms with E-state index < -0.39 is 0 Å². The Bertz CT molecular complexity index is 2850. The van der Waals surface area contributed by atoms with Gasteiger partial charge in [0.2, 0.25) is 0 Å². The molecular weight excluding hydrogens is 615 g/mol. The zero-order valence-corrected chi connectivity index (χ0v) is 27.8. The molecule has 0 heterocycles. The third-order valence-corrected chi connectivity index (χ3v) is 9.51. The van der Waals surface area contributed by atoms with Crippen LogP contribution in [0.3, 0.4) is 0 Å². The lowest BCUT2D eigenvalue weighted by atomic mass is 9.99. The highest BCUT2D eigenvalue weighted by Crippen LogP contribution is 2.39. The quantitative estimate of drug-likeness (QED) is 0.165. The van der Waals surface area contributed by atoms with Crippen molar-refractivity contribution in [1.29, 1.82) is 0 Å². The van der Waals surface area contributed by atoms with E-state index in [2.05, 4.69) is 91.0 Å². The van der Waals surface area contributed by atoms with E-state index in [1.807, 2.05) is 102 Å². The second-order valence-electron chi connectivity index (χ2n) is 12.7. The van der Waals surface area contributed by atoms with E-state index in [0.717, 1.165) is 60.7 Å². The van der Waals surface area contributed by atoms with Crippen molar-refractivity contribution in [1.82, 2.24) is 0 Å². The molecular formula is C50H35N. The van der Waals surface area contributed by atoms with Gasteiger partial charge in [-0.15, -0.1) is 0 Å². The smallest absolute Gasteiger partial charge is 0.0651 e. The van der Waals surface area contributed by atoms with E-state index >= 15 is 0 Å². The van der Waals surface area contributed by atoms with Crippen LogP contribution in [0.4, 0.5) is 17.1 Å². The van der Waals surface area contributed by atoms with E-state index in [9.17, 15) is 2.74 Å². The van der Waals surface area contributed by atoms with Crippen LogP contribution >= 0.6 is 0 Å². The zero-order valence-electron chi connectivity index (χ0n) is 31.8. The number of benzene rings is 9. The average molecular weight is 654 g/mol. The van der Waals surface area contributed by atoms with E-state index in [0.29, 0.717) is 11.1 Å². The second kappa shape index (κ2) is 13.3. The largest absolute Gasteiger partial charge is 0.310 e. The lowest BCUT2D eigenvalue weighted by Crippen LogP contribution is -2.10. The molecule has 0 N–H and O–H groups in total. The van der Waals surface area contributed by atoms with Crippen molar-refractivity contribution in [2.75, 3.05) is 4.90 Å². The summed E-state index contributed by atoms with van der Waals surface area (Å²) in [4.78, 5) is 1.90. The summed E-state index contributed by atoms with van der Waals surface area (Å²) in [5.74, 6) is 0. The molecule has 0 aliphatic carbocycles. The SMILES string of the molecule is [2H]c1c([2H])c(-c2ccc3ccccc3c2)c([2H])c(N(c2ccc(-c3ccc(-c4ccccc4)cc3)cc2)c2cccc(-c3ccc4ccccc4c3)c2)c1[2H]. The molecule has 51 heavy (non-hydrogen) atoms. The van der Waals surface area contributed by atoms with Crippen molar-refractivity contribution in [3.8, 4) is 44.5 Å². The maximum atomic E-state index is 9.71. The first-order chi connectivity index (χ1) is 26.9. The van der Waals surface area contributed by atoms with Crippen molar-refractivity contribution in [3.05, 3.63) is 212 Å². The molecule has 1 heteroatoms. The van der Waals surface area contributed by atoms with Crippen LogP contribution in [-0.2, 0) is 0 Å². The number of nitrogens with zero attached hydrogens (tertiary/aromatic N) is 1. The molecule has 0 spiro atoms. The monoisotopic (exact) mass is 653 g/mol. The molecule has 0 aliphatic rings. The van der Waals surface area contributed by atoms with Crippen molar-refractivity contribution in [2.45, 2.75) is 0 Å². The topological polar surface area (TPSA) is 3.24 Å². The Labute approximate surface area is 305 Å². The molecule has 240 valence electrons. The zero-order chi connectivity index (χ0) is 37.5. The summed E-state index contributed by atoms with van der Waals surface area (Å²) in [5.41, 5.74) is 9.18. The molecule has 0 atom stereocenters. The Kier molecular flexibility index (Phi) is 6.84.